The van der Waals surface area contributed by atoms with Crippen LogP contribution in [-0.2, 0) is 7.05 Å². The molecule has 1 fully saturated rings. The number of nitrogens with zero attached hydrogens (tertiary/aromatic N) is 2. The quantitative estimate of drug-likeness (QED) is 0.876. The first-order valence-corrected chi connectivity index (χ1v) is 6.58. The van der Waals surface area contributed by atoms with Gasteiger partial charge in [0.05, 0.1) is 11.9 Å². The van der Waals surface area contributed by atoms with Crippen molar-refractivity contribution in [1.29, 1.82) is 0 Å². The van der Waals surface area contributed by atoms with Gasteiger partial charge in [-0.15, -0.1) is 0 Å². The highest BCUT2D eigenvalue weighted by atomic mass is 15.3. The van der Waals surface area contributed by atoms with Crippen molar-refractivity contribution in [1.82, 2.24) is 15.1 Å². The molecule has 3 nitrogen and oxygen atoms in total. The summed E-state index contributed by atoms with van der Waals surface area (Å²) in [5.41, 5.74) is 5.15. The molecule has 3 heteroatoms. The highest BCUT2D eigenvalue weighted by molar-refractivity contribution is 5.66. The Morgan fingerprint density at radius 3 is 3.00 bits per heavy atom. The zero-order valence-electron chi connectivity index (χ0n) is 11.0. The van der Waals surface area contributed by atoms with Gasteiger partial charge in [0.15, 0.2) is 0 Å². The number of rotatable bonds is 2. The van der Waals surface area contributed by atoms with Crippen LogP contribution in [-0.4, -0.2) is 16.3 Å². The van der Waals surface area contributed by atoms with Crippen LogP contribution >= 0.6 is 0 Å². The van der Waals surface area contributed by atoms with Crippen LogP contribution in [0.4, 0.5) is 0 Å². The molecular weight excluding hydrogens is 222 g/mol. The molecule has 1 atom stereocenters. The molecule has 0 radical (unpaired) electrons. The summed E-state index contributed by atoms with van der Waals surface area (Å²) in [6.45, 7) is 3.25. The Bertz CT molecular complexity index is 551. The highest BCUT2D eigenvalue weighted by Gasteiger charge is 2.23. The van der Waals surface area contributed by atoms with Gasteiger partial charge in [0, 0.05) is 18.7 Å². The first-order valence-electron chi connectivity index (χ1n) is 6.58. The third-order valence-electron chi connectivity index (χ3n) is 3.70. The van der Waals surface area contributed by atoms with Crippen LogP contribution < -0.4 is 5.32 Å². The molecule has 1 aliphatic rings. The third-order valence-corrected chi connectivity index (χ3v) is 3.70. The number of nitrogens with one attached hydrogen (secondary N) is 1. The maximum Gasteiger partial charge on any atom is 0.0628 e. The lowest BCUT2D eigenvalue weighted by atomic mass is 10.00. The van der Waals surface area contributed by atoms with Gasteiger partial charge in [-0.05, 0) is 31.9 Å². The lowest BCUT2D eigenvalue weighted by molar-refractivity contribution is 0.575. The summed E-state index contributed by atoms with van der Waals surface area (Å²) in [6.07, 6.45) is 4.45. The van der Waals surface area contributed by atoms with Crippen LogP contribution in [0.25, 0.3) is 11.1 Å². The van der Waals surface area contributed by atoms with E-state index in [1.165, 1.54) is 35.2 Å². The van der Waals surface area contributed by atoms with E-state index in [0.29, 0.717) is 6.04 Å². The predicted molar refractivity (Wildman–Crippen MR) is 73.4 cm³/mol. The van der Waals surface area contributed by atoms with Crippen LogP contribution in [0.2, 0.25) is 0 Å². The minimum absolute atomic E-state index is 0.452. The molecule has 1 aromatic heterocycles. The van der Waals surface area contributed by atoms with Gasteiger partial charge in [-0.2, -0.15) is 5.10 Å². The zero-order chi connectivity index (χ0) is 12.5. The van der Waals surface area contributed by atoms with Crippen molar-refractivity contribution in [2.75, 3.05) is 6.54 Å². The van der Waals surface area contributed by atoms with Crippen LogP contribution in [0, 0.1) is 6.92 Å². The van der Waals surface area contributed by atoms with Crippen molar-refractivity contribution < 1.29 is 0 Å². The molecule has 1 aliphatic heterocycles. The summed E-state index contributed by atoms with van der Waals surface area (Å²) in [5, 5.41) is 8.01. The minimum atomic E-state index is 0.452. The fourth-order valence-electron chi connectivity index (χ4n) is 2.81. The molecule has 0 aliphatic carbocycles. The SMILES string of the molecule is Cc1cccc(-c2cnn(C)c2C2CCCN2)c1. The van der Waals surface area contributed by atoms with Crippen LogP contribution in [0.15, 0.2) is 30.5 Å². The number of benzene rings is 1. The van der Waals surface area contributed by atoms with E-state index in [9.17, 15) is 0 Å². The topological polar surface area (TPSA) is 29.9 Å². The average Bonchev–Trinajstić information content (AvgIpc) is 2.97. The molecule has 18 heavy (non-hydrogen) atoms. The standard InChI is InChI=1S/C15H19N3/c1-11-5-3-6-12(9-11)13-10-17-18(2)15(13)14-7-4-8-16-14/h3,5-6,9-10,14,16H,4,7-8H2,1-2H3. The first kappa shape index (κ1) is 11.5. The molecule has 0 spiro atoms. The van der Waals surface area contributed by atoms with Crippen molar-refractivity contribution in [2.45, 2.75) is 25.8 Å². The van der Waals surface area contributed by atoms with Crippen molar-refractivity contribution in [2.24, 2.45) is 7.05 Å². The van der Waals surface area contributed by atoms with E-state index in [4.69, 9.17) is 0 Å². The highest BCUT2D eigenvalue weighted by Crippen LogP contribution is 2.32. The van der Waals surface area contributed by atoms with Gasteiger partial charge in [-0.1, -0.05) is 29.8 Å². The van der Waals surface area contributed by atoms with Crippen molar-refractivity contribution in [3.63, 3.8) is 0 Å². The number of aryl methyl sites for hydroxylation is 2. The molecule has 2 aromatic rings. The summed E-state index contributed by atoms with van der Waals surface area (Å²) in [4.78, 5) is 0. The normalized spacial score (nSPS) is 19.3. The Kier molecular flexibility index (Phi) is 2.92. The molecule has 1 unspecified atom stereocenters. The van der Waals surface area contributed by atoms with Crippen molar-refractivity contribution in [3.8, 4) is 11.1 Å². The molecule has 0 amide bonds. The number of aromatic nitrogens is 2. The van der Waals surface area contributed by atoms with E-state index in [1.54, 1.807) is 0 Å². The Hall–Kier alpha value is -1.61. The van der Waals surface area contributed by atoms with E-state index < -0.39 is 0 Å². The predicted octanol–water partition coefficient (Wildman–Crippen LogP) is 2.82. The van der Waals surface area contributed by atoms with Gasteiger partial charge in [0.1, 0.15) is 0 Å². The second-order valence-corrected chi connectivity index (χ2v) is 5.09. The van der Waals surface area contributed by atoms with Crippen LogP contribution in [0.3, 0.4) is 0 Å². The molecule has 1 N–H and O–H groups in total. The molecule has 1 saturated heterocycles. The van der Waals surface area contributed by atoms with Gasteiger partial charge in [-0.25, -0.2) is 0 Å². The Morgan fingerprint density at radius 2 is 2.28 bits per heavy atom. The average molecular weight is 241 g/mol. The largest absolute Gasteiger partial charge is 0.309 e. The van der Waals surface area contributed by atoms with Gasteiger partial charge < -0.3 is 5.32 Å². The fraction of sp³-hybridized carbons (Fsp3) is 0.400. The molecule has 94 valence electrons. The van der Waals surface area contributed by atoms with Crippen LogP contribution in [0.5, 0.6) is 0 Å². The van der Waals surface area contributed by atoms with Gasteiger partial charge in [0.25, 0.3) is 0 Å². The first-order chi connectivity index (χ1) is 8.75. The molecule has 0 bridgehead atoms. The summed E-state index contributed by atoms with van der Waals surface area (Å²) in [6, 6.07) is 9.10. The fourth-order valence-corrected chi connectivity index (χ4v) is 2.81. The summed E-state index contributed by atoms with van der Waals surface area (Å²) in [5.74, 6) is 0. The second-order valence-electron chi connectivity index (χ2n) is 5.09. The van der Waals surface area contributed by atoms with Gasteiger partial charge in [-0.3, -0.25) is 4.68 Å². The van der Waals surface area contributed by atoms with E-state index >= 15 is 0 Å². The Balaban J connectivity index is 2.07. The van der Waals surface area contributed by atoms with E-state index in [2.05, 4.69) is 41.6 Å². The number of hydrogen-bond donors (Lipinski definition) is 1. The van der Waals surface area contributed by atoms with Crippen molar-refractivity contribution >= 4 is 0 Å². The maximum absolute atomic E-state index is 4.44. The van der Waals surface area contributed by atoms with Gasteiger partial charge >= 0.3 is 0 Å². The number of hydrogen-bond acceptors (Lipinski definition) is 2. The minimum Gasteiger partial charge on any atom is -0.309 e. The Labute approximate surface area is 108 Å². The molecule has 2 heterocycles. The lowest BCUT2D eigenvalue weighted by Crippen LogP contribution is -2.17. The smallest absolute Gasteiger partial charge is 0.0628 e. The molecule has 3 rings (SSSR count). The molecular formula is C15H19N3. The zero-order valence-corrected chi connectivity index (χ0v) is 11.0. The summed E-state index contributed by atoms with van der Waals surface area (Å²) < 4.78 is 2.01. The van der Waals surface area contributed by atoms with E-state index in [-0.39, 0.29) is 0 Å². The summed E-state index contributed by atoms with van der Waals surface area (Å²) >= 11 is 0. The van der Waals surface area contributed by atoms with Crippen molar-refractivity contribution in [3.05, 3.63) is 41.7 Å². The second kappa shape index (κ2) is 4.58. The molecule has 0 saturated carbocycles. The third kappa shape index (κ3) is 1.95. The summed E-state index contributed by atoms with van der Waals surface area (Å²) in [7, 11) is 2.04. The maximum atomic E-state index is 4.44. The lowest BCUT2D eigenvalue weighted by Gasteiger charge is -2.14. The van der Waals surface area contributed by atoms with Gasteiger partial charge in [0.2, 0.25) is 0 Å². The molecule has 1 aromatic carbocycles. The Morgan fingerprint density at radius 1 is 1.39 bits per heavy atom. The van der Waals surface area contributed by atoms with E-state index in [1.807, 2.05) is 17.9 Å². The van der Waals surface area contributed by atoms with E-state index in [0.717, 1.165) is 6.54 Å². The van der Waals surface area contributed by atoms with Crippen LogP contribution in [0.1, 0.15) is 30.1 Å². The monoisotopic (exact) mass is 241 g/mol.